The van der Waals surface area contributed by atoms with Crippen molar-refractivity contribution in [1.29, 1.82) is 5.26 Å². The standard InChI is InChI=1S/C25H22N2O5/c1-17(24(28)27-21-11-7-6-10-20(21)15-26)32-25(29)19-12-13-22(23(14-19)30-2)31-16-18-8-4-3-5-9-18/h3-14,17H,16H2,1-2H3,(H,27,28). The number of rotatable bonds is 8. The third-order valence-corrected chi connectivity index (χ3v) is 4.59. The lowest BCUT2D eigenvalue weighted by Gasteiger charge is -2.15. The van der Waals surface area contributed by atoms with Gasteiger partial charge in [0.1, 0.15) is 12.7 Å². The van der Waals surface area contributed by atoms with Crippen molar-refractivity contribution in [2.45, 2.75) is 19.6 Å². The second-order valence-electron chi connectivity index (χ2n) is 6.83. The van der Waals surface area contributed by atoms with E-state index in [-0.39, 0.29) is 5.56 Å². The molecule has 1 unspecified atom stereocenters. The molecular formula is C25H22N2O5. The normalized spacial score (nSPS) is 11.0. The van der Waals surface area contributed by atoms with Crippen molar-refractivity contribution in [3.05, 3.63) is 89.5 Å². The van der Waals surface area contributed by atoms with E-state index in [1.165, 1.54) is 20.1 Å². The first-order valence-electron chi connectivity index (χ1n) is 9.87. The Morgan fingerprint density at radius 3 is 2.44 bits per heavy atom. The van der Waals surface area contributed by atoms with Crippen LogP contribution >= 0.6 is 0 Å². The van der Waals surface area contributed by atoms with Crippen LogP contribution in [0.5, 0.6) is 11.5 Å². The minimum Gasteiger partial charge on any atom is -0.493 e. The van der Waals surface area contributed by atoms with Gasteiger partial charge < -0.3 is 19.5 Å². The fourth-order valence-corrected chi connectivity index (χ4v) is 2.86. The summed E-state index contributed by atoms with van der Waals surface area (Å²) in [5, 5.41) is 11.7. The molecule has 0 aromatic heterocycles. The van der Waals surface area contributed by atoms with Crippen LogP contribution in [0, 0.1) is 11.3 Å². The lowest BCUT2D eigenvalue weighted by Crippen LogP contribution is -2.30. The molecule has 1 N–H and O–H groups in total. The minimum absolute atomic E-state index is 0.214. The predicted octanol–water partition coefficient (Wildman–Crippen LogP) is 4.33. The predicted molar refractivity (Wildman–Crippen MR) is 118 cm³/mol. The number of nitrogens with one attached hydrogen (secondary N) is 1. The fraction of sp³-hybridized carbons (Fsp3) is 0.160. The second-order valence-corrected chi connectivity index (χ2v) is 6.83. The Labute approximate surface area is 186 Å². The molecule has 7 heteroatoms. The van der Waals surface area contributed by atoms with E-state index in [1.807, 2.05) is 36.4 Å². The van der Waals surface area contributed by atoms with Crippen LogP contribution in [0.2, 0.25) is 0 Å². The molecule has 3 rings (SSSR count). The number of benzene rings is 3. The average molecular weight is 430 g/mol. The molecule has 32 heavy (non-hydrogen) atoms. The van der Waals surface area contributed by atoms with Crippen molar-refractivity contribution in [3.8, 4) is 17.6 Å². The molecule has 0 bridgehead atoms. The van der Waals surface area contributed by atoms with Crippen LogP contribution in [0.3, 0.4) is 0 Å². The topological polar surface area (TPSA) is 97.6 Å². The second kappa shape index (κ2) is 10.6. The first-order chi connectivity index (χ1) is 15.5. The van der Waals surface area contributed by atoms with E-state index in [4.69, 9.17) is 19.5 Å². The van der Waals surface area contributed by atoms with Gasteiger partial charge in [0, 0.05) is 0 Å². The van der Waals surface area contributed by atoms with Gasteiger partial charge in [-0.3, -0.25) is 4.79 Å². The van der Waals surface area contributed by atoms with Gasteiger partial charge in [-0.25, -0.2) is 4.79 Å². The number of carbonyl (C=O) groups excluding carboxylic acids is 2. The number of amides is 1. The van der Waals surface area contributed by atoms with Gasteiger partial charge >= 0.3 is 5.97 Å². The number of ether oxygens (including phenoxy) is 3. The highest BCUT2D eigenvalue weighted by molar-refractivity contribution is 5.98. The van der Waals surface area contributed by atoms with Crippen molar-refractivity contribution >= 4 is 17.6 Å². The van der Waals surface area contributed by atoms with Gasteiger partial charge in [0.25, 0.3) is 5.91 Å². The summed E-state index contributed by atoms with van der Waals surface area (Å²) in [5.74, 6) is -0.382. The summed E-state index contributed by atoms with van der Waals surface area (Å²) in [4.78, 5) is 24.9. The lowest BCUT2D eigenvalue weighted by molar-refractivity contribution is -0.123. The van der Waals surface area contributed by atoms with Crippen molar-refractivity contribution in [2.24, 2.45) is 0 Å². The highest BCUT2D eigenvalue weighted by Crippen LogP contribution is 2.29. The highest BCUT2D eigenvalue weighted by Gasteiger charge is 2.21. The van der Waals surface area contributed by atoms with Crippen LogP contribution in [0.1, 0.15) is 28.4 Å². The number of para-hydroxylation sites is 1. The third kappa shape index (κ3) is 5.64. The van der Waals surface area contributed by atoms with Crippen LogP contribution in [0.4, 0.5) is 5.69 Å². The van der Waals surface area contributed by atoms with Crippen molar-refractivity contribution in [1.82, 2.24) is 0 Å². The number of anilines is 1. The molecule has 3 aromatic carbocycles. The number of nitriles is 1. The molecule has 0 aliphatic carbocycles. The Morgan fingerprint density at radius 2 is 1.72 bits per heavy atom. The fourth-order valence-electron chi connectivity index (χ4n) is 2.86. The Morgan fingerprint density at radius 1 is 1.00 bits per heavy atom. The number of hydrogen-bond donors (Lipinski definition) is 1. The summed E-state index contributed by atoms with van der Waals surface area (Å²) in [7, 11) is 1.47. The maximum atomic E-state index is 12.5. The molecule has 0 heterocycles. The average Bonchev–Trinajstić information content (AvgIpc) is 2.83. The molecule has 0 fully saturated rings. The van der Waals surface area contributed by atoms with Gasteiger partial charge in [0.05, 0.1) is 23.9 Å². The SMILES string of the molecule is COc1cc(C(=O)OC(C)C(=O)Nc2ccccc2C#N)ccc1OCc1ccccc1. The molecule has 1 amide bonds. The lowest BCUT2D eigenvalue weighted by atomic mass is 10.2. The van der Waals surface area contributed by atoms with E-state index in [9.17, 15) is 9.59 Å². The largest absolute Gasteiger partial charge is 0.493 e. The molecule has 3 aromatic rings. The van der Waals surface area contributed by atoms with E-state index in [1.54, 1.807) is 36.4 Å². The van der Waals surface area contributed by atoms with Crippen LogP contribution < -0.4 is 14.8 Å². The summed E-state index contributed by atoms with van der Waals surface area (Å²) in [6.07, 6.45) is -1.07. The highest BCUT2D eigenvalue weighted by atomic mass is 16.5. The summed E-state index contributed by atoms with van der Waals surface area (Å²) < 4.78 is 16.4. The summed E-state index contributed by atoms with van der Waals surface area (Å²) in [5.41, 5.74) is 1.88. The van der Waals surface area contributed by atoms with Crippen molar-refractivity contribution in [3.63, 3.8) is 0 Å². The van der Waals surface area contributed by atoms with Gasteiger partial charge in [-0.2, -0.15) is 5.26 Å². The number of nitrogens with zero attached hydrogens (tertiary/aromatic N) is 1. The van der Waals surface area contributed by atoms with Crippen molar-refractivity contribution < 1.29 is 23.8 Å². The molecule has 0 aliphatic rings. The molecule has 162 valence electrons. The van der Waals surface area contributed by atoms with Crippen molar-refractivity contribution in [2.75, 3.05) is 12.4 Å². The van der Waals surface area contributed by atoms with E-state index in [0.717, 1.165) is 5.56 Å². The first kappa shape index (κ1) is 22.4. The Bertz CT molecular complexity index is 1140. The Kier molecular flexibility index (Phi) is 7.44. The number of hydrogen-bond acceptors (Lipinski definition) is 6. The number of carbonyl (C=O) groups is 2. The smallest absolute Gasteiger partial charge is 0.339 e. The first-order valence-corrected chi connectivity index (χ1v) is 9.87. The molecule has 7 nitrogen and oxygen atoms in total. The van der Waals surface area contributed by atoms with Gasteiger partial charge in [0.2, 0.25) is 0 Å². The van der Waals surface area contributed by atoms with Gasteiger partial charge in [-0.1, -0.05) is 42.5 Å². The molecular weight excluding hydrogens is 408 g/mol. The molecule has 0 radical (unpaired) electrons. The number of esters is 1. The zero-order valence-corrected chi connectivity index (χ0v) is 17.7. The van der Waals surface area contributed by atoms with Crippen LogP contribution in [0.15, 0.2) is 72.8 Å². The third-order valence-electron chi connectivity index (χ3n) is 4.59. The molecule has 0 saturated heterocycles. The number of methoxy groups -OCH3 is 1. The van der Waals surface area contributed by atoms with Crippen LogP contribution in [0.25, 0.3) is 0 Å². The maximum absolute atomic E-state index is 12.5. The van der Waals surface area contributed by atoms with E-state index in [0.29, 0.717) is 29.4 Å². The summed E-state index contributed by atoms with van der Waals surface area (Å²) in [6, 6.07) is 22.9. The van der Waals surface area contributed by atoms with Crippen LogP contribution in [-0.4, -0.2) is 25.1 Å². The van der Waals surface area contributed by atoms with E-state index < -0.39 is 18.0 Å². The maximum Gasteiger partial charge on any atom is 0.339 e. The molecule has 0 spiro atoms. The zero-order chi connectivity index (χ0) is 22.9. The van der Waals surface area contributed by atoms with Gasteiger partial charge in [-0.05, 0) is 42.8 Å². The van der Waals surface area contributed by atoms with E-state index in [2.05, 4.69) is 5.32 Å². The van der Waals surface area contributed by atoms with E-state index >= 15 is 0 Å². The van der Waals surface area contributed by atoms with Gasteiger partial charge in [-0.15, -0.1) is 0 Å². The van der Waals surface area contributed by atoms with Crippen LogP contribution in [-0.2, 0) is 16.1 Å². The molecule has 1 atom stereocenters. The molecule has 0 aliphatic heterocycles. The summed E-state index contributed by atoms with van der Waals surface area (Å²) in [6.45, 7) is 1.80. The minimum atomic E-state index is -1.07. The monoisotopic (exact) mass is 430 g/mol. The quantitative estimate of drug-likeness (QED) is 0.534. The zero-order valence-electron chi connectivity index (χ0n) is 17.7. The Balaban J connectivity index is 1.63. The molecule has 0 saturated carbocycles. The van der Waals surface area contributed by atoms with Gasteiger partial charge in [0.15, 0.2) is 17.6 Å². The Hall–Kier alpha value is -4.31. The summed E-state index contributed by atoms with van der Waals surface area (Å²) >= 11 is 0.